The van der Waals surface area contributed by atoms with E-state index in [1.165, 1.54) is 0 Å². The fraction of sp³-hybridized carbons (Fsp3) is 0.500. The molecule has 26 heavy (non-hydrogen) atoms. The van der Waals surface area contributed by atoms with Gasteiger partial charge in [0.1, 0.15) is 17.3 Å². The van der Waals surface area contributed by atoms with Gasteiger partial charge in [0.25, 0.3) is 5.91 Å². The SMILES string of the molecule is CCCCC(Nc1nc(C2CC2)nc2c1CCNC2=O)c1cccnc1. The van der Waals surface area contributed by atoms with Crippen LogP contribution in [0.15, 0.2) is 24.5 Å². The third-order valence-electron chi connectivity index (χ3n) is 5.09. The van der Waals surface area contributed by atoms with E-state index in [1.54, 1.807) is 6.20 Å². The highest BCUT2D eigenvalue weighted by atomic mass is 16.1. The molecule has 1 aliphatic heterocycles. The summed E-state index contributed by atoms with van der Waals surface area (Å²) in [5, 5.41) is 6.54. The van der Waals surface area contributed by atoms with Gasteiger partial charge < -0.3 is 10.6 Å². The smallest absolute Gasteiger partial charge is 0.270 e. The molecule has 0 radical (unpaired) electrons. The average Bonchev–Trinajstić information content (AvgIpc) is 3.51. The van der Waals surface area contributed by atoms with Crippen LogP contribution in [0.2, 0.25) is 0 Å². The number of nitrogens with one attached hydrogen (secondary N) is 2. The van der Waals surface area contributed by atoms with Crippen molar-refractivity contribution < 1.29 is 4.79 Å². The Morgan fingerprint density at radius 3 is 2.96 bits per heavy atom. The standard InChI is InChI=1S/C20H25N5O/c1-2-3-6-16(14-5-4-10-21-12-14)23-19-15-9-11-22-20(26)17(15)24-18(25-19)13-7-8-13/h4-5,10,12-13,16H,2-3,6-9,11H2,1H3,(H,22,26)(H,23,24,25). The molecule has 1 amide bonds. The maximum Gasteiger partial charge on any atom is 0.270 e. The molecule has 0 saturated heterocycles. The van der Waals surface area contributed by atoms with Crippen LogP contribution in [0, 0.1) is 0 Å². The van der Waals surface area contributed by atoms with Gasteiger partial charge in [0.15, 0.2) is 0 Å². The van der Waals surface area contributed by atoms with Crippen molar-refractivity contribution in [2.45, 2.75) is 57.4 Å². The molecule has 6 heteroatoms. The van der Waals surface area contributed by atoms with Crippen molar-refractivity contribution >= 4 is 11.7 Å². The van der Waals surface area contributed by atoms with Gasteiger partial charge in [-0.2, -0.15) is 0 Å². The predicted molar refractivity (Wildman–Crippen MR) is 100 cm³/mol. The third kappa shape index (κ3) is 3.54. The molecule has 2 aliphatic rings. The second-order valence-electron chi connectivity index (χ2n) is 7.16. The molecular formula is C20H25N5O. The number of fused-ring (bicyclic) bond motifs is 1. The largest absolute Gasteiger partial charge is 0.363 e. The lowest BCUT2D eigenvalue weighted by Crippen LogP contribution is -2.34. The van der Waals surface area contributed by atoms with Crippen molar-refractivity contribution in [1.82, 2.24) is 20.3 Å². The first-order valence-electron chi connectivity index (χ1n) is 9.61. The number of unbranched alkanes of at least 4 members (excludes halogenated alkanes) is 1. The number of anilines is 1. The Labute approximate surface area is 153 Å². The summed E-state index contributed by atoms with van der Waals surface area (Å²) < 4.78 is 0. The van der Waals surface area contributed by atoms with Gasteiger partial charge in [0.2, 0.25) is 0 Å². The van der Waals surface area contributed by atoms with Gasteiger partial charge in [0, 0.05) is 30.4 Å². The Morgan fingerprint density at radius 1 is 1.35 bits per heavy atom. The van der Waals surface area contributed by atoms with E-state index in [0.717, 1.165) is 61.3 Å². The Hall–Kier alpha value is -2.50. The first kappa shape index (κ1) is 16.9. The molecule has 1 aliphatic carbocycles. The molecule has 1 atom stereocenters. The number of hydrogen-bond donors (Lipinski definition) is 2. The molecule has 1 saturated carbocycles. The van der Waals surface area contributed by atoms with Gasteiger partial charge in [-0.05, 0) is 37.3 Å². The molecular weight excluding hydrogens is 326 g/mol. The summed E-state index contributed by atoms with van der Waals surface area (Å²) in [5.41, 5.74) is 2.65. The van der Waals surface area contributed by atoms with Crippen LogP contribution in [0.25, 0.3) is 0 Å². The van der Waals surface area contributed by atoms with Crippen LogP contribution in [-0.2, 0) is 6.42 Å². The first-order chi connectivity index (χ1) is 12.8. The maximum atomic E-state index is 12.3. The third-order valence-corrected chi connectivity index (χ3v) is 5.09. The highest BCUT2D eigenvalue weighted by molar-refractivity contribution is 5.96. The lowest BCUT2D eigenvalue weighted by Gasteiger charge is -2.24. The maximum absolute atomic E-state index is 12.3. The van der Waals surface area contributed by atoms with Crippen molar-refractivity contribution in [2.75, 3.05) is 11.9 Å². The van der Waals surface area contributed by atoms with Gasteiger partial charge >= 0.3 is 0 Å². The number of pyridine rings is 1. The van der Waals surface area contributed by atoms with E-state index in [1.807, 2.05) is 12.3 Å². The summed E-state index contributed by atoms with van der Waals surface area (Å²) in [6.07, 6.45) is 9.96. The van der Waals surface area contributed by atoms with E-state index in [0.29, 0.717) is 18.2 Å². The van der Waals surface area contributed by atoms with Crippen LogP contribution in [0.3, 0.4) is 0 Å². The lowest BCUT2D eigenvalue weighted by molar-refractivity contribution is 0.0940. The van der Waals surface area contributed by atoms with E-state index in [4.69, 9.17) is 4.98 Å². The number of carbonyl (C=O) groups is 1. The highest BCUT2D eigenvalue weighted by Gasteiger charge is 2.31. The summed E-state index contributed by atoms with van der Waals surface area (Å²) in [4.78, 5) is 26.0. The molecule has 2 N–H and O–H groups in total. The zero-order valence-electron chi connectivity index (χ0n) is 15.2. The van der Waals surface area contributed by atoms with Crippen molar-refractivity contribution in [2.24, 2.45) is 0 Å². The number of carbonyl (C=O) groups excluding carboxylic acids is 1. The number of amides is 1. The summed E-state index contributed by atoms with van der Waals surface area (Å²) in [6.45, 7) is 2.83. The van der Waals surface area contributed by atoms with Gasteiger partial charge in [-0.15, -0.1) is 0 Å². The summed E-state index contributed by atoms with van der Waals surface area (Å²) in [5.74, 6) is 1.97. The molecule has 0 bridgehead atoms. The van der Waals surface area contributed by atoms with Crippen molar-refractivity contribution in [1.29, 1.82) is 0 Å². The van der Waals surface area contributed by atoms with Gasteiger partial charge in [-0.3, -0.25) is 9.78 Å². The Morgan fingerprint density at radius 2 is 2.23 bits per heavy atom. The van der Waals surface area contributed by atoms with E-state index in [2.05, 4.69) is 33.6 Å². The Kier molecular flexibility index (Phi) is 4.82. The highest BCUT2D eigenvalue weighted by Crippen LogP contribution is 2.39. The molecule has 136 valence electrons. The normalized spacial score (nSPS) is 17.3. The van der Waals surface area contributed by atoms with E-state index >= 15 is 0 Å². The minimum atomic E-state index is -0.0786. The summed E-state index contributed by atoms with van der Waals surface area (Å²) in [7, 11) is 0. The molecule has 3 heterocycles. The molecule has 0 aromatic carbocycles. The van der Waals surface area contributed by atoms with Crippen molar-refractivity contribution in [3.05, 3.63) is 47.2 Å². The molecule has 4 rings (SSSR count). The zero-order chi connectivity index (χ0) is 17.9. The topological polar surface area (TPSA) is 79.8 Å². The fourth-order valence-corrected chi connectivity index (χ4v) is 3.43. The van der Waals surface area contributed by atoms with Crippen molar-refractivity contribution in [3.63, 3.8) is 0 Å². The molecule has 6 nitrogen and oxygen atoms in total. The number of rotatable bonds is 7. The number of aromatic nitrogens is 3. The molecule has 2 aromatic heterocycles. The van der Waals surface area contributed by atoms with E-state index in [-0.39, 0.29) is 11.9 Å². The first-order valence-corrected chi connectivity index (χ1v) is 9.61. The Bertz CT molecular complexity index is 788. The van der Waals surface area contributed by atoms with Crippen LogP contribution >= 0.6 is 0 Å². The van der Waals surface area contributed by atoms with Crippen LogP contribution < -0.4 is 10.6 Å². The second-order valence-corrected chi connectivity index (χ2v) is 7.16. The van der Waals surface area contributed by atoms with Crippen LogP contribution in [0.4, 0.5) is 5.82 Å². The van der Waals surface area contributed by atoms with E-state index < -0.39 is 0 Å². The summed E-state index contributed by atoms with van der Waals surface area (Å²) >= 11 is 0. The number of hydrogen-bond acceptors (Lipinski definition) is 5. The second kappa shape index (κ2) is 7.40. The molecule has 1 unspecified atom stereocenters. The van der Waals surface area contributed by atoms with Crippen molar-refractivity contribution in [3.8, 4) is 0 Å². The Balaban J connectivity index is 1.69. The monoisotopic (exact) mass is 351 g/mol. The fourth-order valence-electron chi connectivity index (χ4n) is 3.43. The minimum Gasteiger partial charge on any atom is -0.363 e. The lowest BCUT2D eigenvalue weighted by atomic mass is 10.0. The molecule has 0 spiro atoms. The van der Waals surface area contributed by atoms with Gasteiger partial charge in [-0.1, -0.05) is 25.8 Å². The molecule has 1 fully saturated rings. The number of nitrogens with zero attached hydrogens (tertiary/aromatic N) is 3. The summed E-state index contributed by atoms with van der Waals surface area (Å²) in [6, 6.07) is 4.21. The van der Waals surface area contributed by atoms with Gasteiger partial charge in [0.05, 0.1) is 6.04 Å². The predicted octanol–water partition coefficient (Wildman–Crippen LogP) is 3.38. The van der Waals surface area contributed by atoms with E-state index in [9.17, 15) is 4.79 Å². The van der Waals surface area contributed by atoms with Crippen LogP contribution in [0.5, 0.6) is 0 Å². The molecule has 2 aromatic rings. The minimum absolute atomic E-state index is 0.0786. The zero-order valence-corrected chi connectivity index (χ0v) is 15.2. The quantitative estimate of drug-likeness (QED) is 0.799. The van der Waals surface area contributed by atoms with Crippen LogP contribution in [0.1, 0.15) is 78.4 Å². The van der Waals surface area contributed by atoms with Crippen LogP contribution in [-0.4, -0.2) is 27.4 Å². The van der Waals surface area contributed by atoms with Gasteiger partial charge in [-0.25, -0.2) is 9.97 Å². The average molecular weight is 351 g/mol.